The molecule has 1 amide bonds. The molecule has 0 bridgehead atoms. The van der Waals surface area contributed by atoms with Gasteiger partial charge in [0.1, 0.15) is 0 Å². The molecule has 0 spiro atoms. The number of nitrogen functional groups attached to an aromatic ring is 1. The molecule has 0 unspecified atom stereocenters. The highest BCUT2D eigenvalue weighted by Gasteiger charge is 2.10. The van der Waals surface area contributed by atoms with Gasteiger partial charge in [0.15, 0.2) is 0 Å². The molecule has 0 saturated carbocycles. The average Bonchev–Trinajstić information content (AvgIpc) is 2.37. The molecule has 0 heterocycles. The van der Waals surface area contributed by atoms with Gasteiger partial charge < -0.3 is 21.5 Å². The Balaban J connectivity index is 2.53. The highest BCUT2D eigenvalue weighted by Crippen LogP contribution is 2.18. The third-order valence-electron chi connectivity index (χ3n) is 2.51. The molecule has 1 aromatic carbocycles. The first kappa shape index (κ1) is 14.8. The minimum absolute atomic E-state index is 0.0540. The number of carbonyl (C=O) groups is 2. The van der Waals surface area contributed by atoms with Gasteiger partial charge in [0, 0.05) is 30.9 Å². The van der Waals surface area contributed by atoms with E-state index < -0.39 is 5.97 Å². The number of aromatic carboxylic acids is 1. The molecule has 19 heavy (non-hydrogen) atoms. The van der Waals surface area contributed by atoms with E-state index in [1.807, 2.05) is 6.92 Å². The van der Waals surface area contributed by atoms with Crippen molar-refractivity contribution >= 4 is 23.3 Å². The minimum Gasteiger partial charge on any atom is -0.478 e. The fourth-order valence-electron chi connectivity index (χ4n) is 1.56. The van der Waals surface area contributed by atoms with Gasteiger partial charge in [-0.1, -0.05) is 6.92 Å². The number of carboxylic acids is 1. The Morgan fingerprint density at radius 1 is 1.32 bits per heavy atom. The lowest BCUT2D eigenvalue weighted by molar-refractivity contribution is -0.120. The van der Waals surface area contributed by atoms with Crippen LogP contribution in [0, 0.1) is 0 Å². The molecule has 0 aliphatic heterocycles. The zero-order chi connectivity index (χ0) is 14.3. The van der Waals surface area contributed by atoms with Crippen LogP contribution >= 0.6 is 0 Å². The molecule has 0 aromatic heterocycles. The van der Waals surface area contributed by atoms with Crippen LogP contribution in [0.3, 0.4) is 0 Å². The predicted molar refractivity (Wildman–Crippen MR) is 74.2 cm³/mol. The number of rotatable bonds is 7. The molecule has 0 radical (unpaired) electrons. The van der Waals surface area contributed by atoms with Gasteiger partial charge in [0.05, 0.1) is 5.56 Å². The normalized spacial score (nSPS) is 9.95. The molecule has 0 aliphatic rings. The van der Waals surface area contributed by atoms with Crippen LogP contribution in [0.1, 0.15) is 30.1 Å². The van der Waals surface area contributed by atoms with Crippen LogP contribution in [-0.2, 0) is 4.79 Å². The van der Waals surface area contributed by atoms with Gasteiger partial charge in [-0.25, -0.2) is 4.79 Å². The van der Waals surface area contributed by atoms with Crippen LogP contribution in [-0.4, -0.2) is 30.1 Å². The highest BCUT2D eigenvalue weighted by atomic mass is 16.4. The van der Waals surface area contributed by atoms with Crippen LogP contribution in [0.15, 0.2) is 18.2 Å². The SMILES string of the molecule is CCCNC(=O)CCNc1ccc(N)cc1C(=O)O. The molecule has 0 saturated heterocycles. The fraction of sp³-hybridized carbons (Fsp3) is 0.385. The van der Waals surface area contributed by atoms with Crippen LogP contribution in [0.5, 0.6) is 0 Å². The van der Waals surface area contributed by atoms with Crippen molar-refractivity contribution in [1.29, 1.82) is 0 Å². The number of amides is 1. The highest BCUT2D eigenvalue weighted by molar-refractivity contribution is 5.95. The van der Waals surface area contributed by atoms with Gasteiger partial charge >= 0.3 is 5.97 Å². The van der Waals surface area contributed by atoms with Gasteiger partial charge in [-0.05, 0) is 24.6 Å². The van der Waals surface area contributed by atoms with Crippen LogP contribution in [0.4, 0.5) is 11.4 Å². The third-order valence-corrected chi connectivity index (χ3v) is 2.51. The lowest BCUT2D eigenvalue weighted by Gasteiger charge is -2.10. The second kappa shape index (κ2) is 7.25. The summed E-state index contributed by atoms with van der Waals surface area (Å²) < 4.78 is 0. The number of carbonyl (C=O) groups excluding carboxylic acids is 1. The average molecular weight is 265 g/mol. The van der Waals surface area contributed by atoms with Gasteiger partial charge in [0.25, 0.3) is 0 Å². The van der Waals surface area contributed by atoms with Crippen LogP contribution < -0.4 is 16.4 Å². The Kier molecular flexibility index (Phi) is 5.66. The van der Waals surface area contributed by atoms with E-state index in [1.165, 1.54) is 6.07 Å². The van der Waals surface area contributed by atoms with E-state index >= 15 is 0 Å². The first-order valence-electron chi connectivity index (χ1n) is 6.18. The van der Waals surface area contributed by atoms with Crippen molar-refractivity contribution in [3.63, 3.8) is 0 Å². The van der Waals surface area contributed by atoms with Crippen molar-refractivity contribution in [2.75, 3.05) is 24.1 Å². The standard InChI is InChI=1S/C13H19N3O3/c1-2-6-16-12(17)5-7-15-11-4-3-9(14)8-10(11)13(18)19/h3-4,8,15H,2,5-7,14H2,1H3,(H,16,17)(H,18,19). The summed E-state index contributed by atoms with van der Waals surface area (Å²) in [6.45, 7) is 3.01. The largest absolute Gasteiger partial charge is 0.478 e. The summed E-state index contributed by atoms with van der Waals surface area (Å²) in [7, 11) is 0. The first-order valence-corrected chi connectivity index (χ1v) is 6.18. The first-order chi connectivity index (χ1) is 9.04. The van der Waals surface area contributed by atoms with Crippen molar-refractivity contribution < 1.29 is 14.7 Å². The summed E-state index contributed by atoms with van der Waals surface area (Å²) in [6, 6.07) is 4.61. The zero-order valence-electron chi connectivity index (χ0n) is 10.9. The summed E-state index contributed by atoms with van der Waals surface area (Å²) in [5.74, 6) is -1.10. The Morgan fingerprint density at radius 3 is 2.68 bits per heavy atom. The smallest absolute Gasteiger partial charge is 0.337 e. The van der Waals surface area contributed by atoms with Gasteiger partial charge in [-0.2, -0.15) is 0 Å². The monoisotopic (exact) mass is 265 g/mol. The number of nitrogens with two attached hydrogens (primary N) is 1. The summed E-state index contributed by atoms with van der Waals surface area (Å²) in [4.78, 5) is 22.4. The maximum atomic E-state index is 11.4. The molecular formula is C13H19N3O3. The van der Waals surface area contributed by atoms with Crippen molar-refractivity contribution in [3.05, 3.63) is 23.8 Å². The van der Waals surface area contributed by atoms with Crippen LogP contribution in [0.2, 0.25) is 0 Å². The molecule has 1 aromatic rings. The molecule has 5 N–H and O–H groups in total. The topological polar surface area (TPSA) is 104 Å². The lowest BCUT2D eigenvalue weighted by Crippen LogP contribution is -2.26. The fourth-order valence-corrected chi connectivity index (χ4v) is 1.56. The van der Waals surface area contributed by atoms with E-state index in [1.54, 1.807) is 12.1 Å². The quantitative estimate of drug-likeness (QED) is 0.556. The Hall–Kier alpha value is -2.24. The second-order valence-corrected chi connectivity index (χ2v) is 4.14. The molecule has 0 atom stereocenters. The van der Waals surface area contributed by atoms with Crippen LogP contribution in [0.25, 0.3) is 0 Å². The summed E-state index contributed by atoms with van der Waals surface area (Å²) in [5, 5.41) is 14.7. The Morgan fingerprint density at radius 2 is 2.05 bits per heavy atom. The van der Waals surface area contributed by atoms with Crippen molar-refractivity contribution in [1.82, 2.24) is 5.32 Å². The van der Waals surface area contributed by atoms with Crippen molar-refractivity contribution in [2.24, 2.45) is 0 Å². The number of hydrogen-bond donors (Lipinski definition) is 4. The predicted octanol–water partition coefficient (Wildman–Crippen LogP) is 1.30. The number of nitrogens with one attached hydrogen (secondary N) is 2. The molecule has 1 rings (SSSR count). The second-order valence-electron chi connectivity index (χ2n) is 4.14. The summed E-state index contributed by atoms with van der Waals surface area (Å²) in [5.41, 5.74) is 6.50. The zero-order valence-corrected chi connectivity index (χ0v) is 10.9. The number of carboxylic acid groups (broad SMARTS) is 1. The Bertz CT molecular complexity index is 460. The van der Waals surface area contributed by atoms with E-state index in [9.17, 15) is 9.59 Å². The molecule has 104 valence electrons. The number of benzene rings is 1. The van der Waals surface area contributed by atoms with Gasteiger partial charge in [-0.3, -0.25) is 4.79 Å². The van der Waals surface area contributed by atoms with Gasteiger partial charge in [0.2, 0.25) is 5.91 Å². The van der Waals surface area contributed by atoms with E-state index in [4.69, 9.17) is 10.8 Å². The maximum Gasteiger partial charge on any atom is 0.337 e. The lowest BCUT2D eigenvalue weighted by atomic mass is 10.1. The molecule has 0 aliphatic carbocycles. The van der Waals surface area contributed by atoms with E-state index in [-0.39, 0.29) is 11.5 Å². The molecule has 6 heteroatoms. The summed E-state index contributed by atoms with van der Waals surface area (Å²) >= 11 is 0. The minimum atomic E-state index is -1.05. The maximum absolute atomic E-state index is 11.4. The van der Waals surface area contributed by atoms with Crippen molar-refractivity contribution in [2.45, 2.75) is 19.8 Å². The number of anilines is 2. The number of hydrogen-bond acceptors (Lipinski definition) is 4. The molecule has 0 fully saturated rings. The Labute approximate surface area is 112 Å². The van der Waals surface area contributed by atoms with Crippen molar-refractivity contribution in [3.8, 4) is 0 Å². The molecule has 6 nitrogen and oxygen atoms in total. The van der Waals surface area contributed by atoms with E-state index in [2.05, 4.69) is 10.6 Å². The summed E-state index contributed by atoms with van der Waals surface area (Å²) in [6.07, 6.45) is 1.18. The van der Waals surface area contributed by atoms with E-state index in [0.717, 1.165) is 6.42 Å². The molecular weight excluding hydrogens is 246 g/mol. The van der Waals surface area contributed by atoms with E-state index in [0.29, 0.717) is 30.9 Å². The van der Waals surface area contributed by atoms with Gasteiger partial charge in [-0.15, -0.1) is 0 Å². The third kappa shape index (κ3) is 4.87.